The topological polar surface area (TPSA) is 122 Å². The number of hydrazone groups is 1. The van der Waals surface area contributed by atoms with Crippen LogP contribution in [0.5, 0.6) is 0 Å². The summed E-state index contributed by atoms with van der Waals surface area (Å²) in [6, 6.07) is 6.94. The highest BCUT2D eigenvalue weighted by Gasteiger charge is 2.03. The molecule has 0 aromatic heterocycles. The van der Waals surface area contributed by atoms with Crippen LogP contribution in [0.4, 0.5) is 10.1 Å². The lowest BCUT2D eigenvalue weighted by Crippen LogP contribution is -2.21. The van der Waals surface area contributed by atoms with Crippen LogP contribution in [0.3, 0.4) is 0 Å². The molecule has 0 amide bonds. The molecule has 0 atom stereocenters. The molecule has 0 radical (unpaired) electrons. The maximum Gasteiger partial charge on any atom is 0.201 e. The second-order valence-electron chi connectivity index (χ2n) is 2.90. The number of nitriles is 2. The molecule has 1 rings (SSSR count). The van der Waals surface area contributed by atoms with Gasteiger partial charge in [-0.05, 0) is 18.2 Å². The number of benzene rings is 1. The first-order valence-corrected chi connectivity index (χ1v) is 4.36. The first-order chi connectivity index (χ1) is 8.08. The minimum absolute atomic E-state index is 0.147. The van der Waals surface area contributed by atoms with Crippen LogP contribution in [0.25, 0.3) is 0 Å². The number of anilines is 1. The van der Waals surface area contributed by atoms with Crippen molar-refractivity contribution >= 4 is 17.2 Å². The summed E-state index contributed by atoms with van der Waals surface area (Å²) in [6.45, 7) is 0. The molecule has 0 aliphatic heterocycles. The maximum absolute atomic E-state index is 13.0. The Hall–Kier alpha value is -2.93. The van der Waals surface area contributed by atoms with Crippen molar-refractivity contribution in [2.24, 2.45) is 10.8 Å². The molecular weight excluding hydrogens is 223 g/mol. The summed E-state index contributed by atoms with van der Waals surface area (Å²) in [5.74, 6) is -1.13. The Morgan fingerprint density at radius 1 is 1.47 bits per heavy atom. The van der Waals surface area contributed by atoms with Crippen molar-refractivity contribution in [3.05, 3.63) is 29.6 Å². The van der Waals surface area contributed by atoms with E-state index in [0.29, 0.717) is 5.69 Å². The van der Waals surface area contributed by atoms with E-state index in [1.54, 1.807) is 12.1 Å². The van der Waals surface area contributed by atoms with Crippen molar-refractivity contribution in [3.8, 4) is 12.1 Å². The van der Waals surface area contributed by atoms with Crippen molar-refractivity contribution in [1.82, 2.24) is 0 Å². The highest BCUT2D eigenvalue weighted by molar-refractivity contribution is 6.45. The van der Waals surface area contributed by atoms with Crippen LogP contribution in [0.1, 0.15) is 5.56 Å². The van der Waals surface area contributed by atoms with Crippen molar-refractivity contribution in [3.63, 3.8) is 0 Å². The van der Waals surface area contributed by atoms with Gasteiger partial charge in [0.05, 0.1) is 11.3 Å². The summed E-state index contributed by atoms with van der Waals surface area (Å²) in [6.07, 6.45) is 0. The number of amidine groups is 1. The lowest BCUT2D eigenvalue weighted by atomic mass is 10.2. The SMILES string of the molecule is N#C/C(=N\Nc1ccc(F)c(C#N)c1)C(=N)N. The van der Waals surface area contributed by atoms with E-state index in [2.05, 4.69) is 10.5 Å². The van der Waals surface area contributed by atoms with Gasteiger partial charge < -0.3 is 5.73 Å². The number of rotatable bonds is 3. The number of hydrogen-bond donors (Lipinski definition) is 3. The molecule has 0 unspecified atom stereocenters. The quantitative estimate of drug-likeness (QED) is 0.406. The van der Waals surface area contributed by atoms with Crippen molar-refractivity contribution in [2.45, 2.75) is 0 Å². The van der Waals surface area contributed by atoms with Crippen molar-refractivity contribution in [2.75, 3.05) is 5.43 Å². The summed E-state index contributed by atoms with van der Waals surface area (Å²) in [7, 11) is 0. The average molecular weight is 230 g/mol. The molecule has 0 bridgehead atoms. The molecule has 0 spiro atoms. The highest BCUT2D eigenvalue weighted by Crippen LogP contribution is 2.13. The number of nitrogens with zero attached hydrogens (tertiary/aromatic N) is 3. The molecule has 1 aromatic rings. The second-order valence-corrected chi connectivity index (χ2v) is 2.90. The third kappa shape index (κ3) is 3.01. The molecule has 17 heavy (non-hydrogen) atoms. The van der Waals surface area contributed by atoms with Gasteiger partial charge in [-0.25, -0.2) is 4.39 Å². The fraction of sp³-hybridized carbons (Fsp3) is 0. The van der Waals surface area contributed by atoms with E-state index >= 15 is 0 Å². The largest absolute Gasteiger partial charge is 0.382 e. The Morgan fingerprint density at radius 2 is 2.18 bits per heavy atom. The zero-order valence-electron chi connectivity index (χ0n) is 8.53. The van der Waals surface area contributed by atoms with Gasteiger partial charge in [-0.3, -0.25) is 10.8 Å². The summed E-state index contributed by atoms with van der Waals surface area (Å²) in [5, 5.41) is 27.7. The van der Waals surface area contributed by atoms with E-state index in [9.17, 15) is 4.39 Å². The van der Waals surface area contributed by atoms with E-state index in [-0.39, 0.29) is 11.3 Å². The Balaban J connectivity index is 2.95. The molecule has 0 saturated heterocycles. The van der Waals surface area contributed by atoms with Gasteiger partial charge in [0.25, 0.3) is 0 Å². The maximum atomic E-state index is 13.0. The average Bonchev–Trinajstić information content (AvgIpc) is 2.31. The Bertz CT molecular complexity index is 563. The molecule has 0 heterocycles. The smallest absolute Gasteiger partial charge is 0.201 e. The molecule has 0 saturated carbocycles. The van der Waals surface area contributed by atoms with Gasteiger partial charge in [0.15, 0.2) is 5.84 Å². The Labute approximate surface area is 96.3 Å². The van der Waals surface area contributed by atoms with Crippen LogP contribution in [0, 0.1) is 33.9 Å². The molecule has 7 heteroatoms. The van der Waals surface area contributed by atoms with Crippen LogP contribution in [0.15, 0.2) is 23.3 Å². The van der Waals surface area contributed by atoms with Crippen LogP contribution < -0.4 is 11.2 Å². The summed E-state index contributed by atoms with van der Waals surface area (Å²) in [4.78, 5) is 0. The first kappa shape index (κ1) is 12.1. The molecule has 1 aromatic carbocycles. The van der Waals surface area contributed by atoms with Gasteiger partial charge in [-0.15, -0.1) is 0 Å². The van der Waals surface area contributed by atoms with Crippen LogP contribution in [0.2, 0.25) is 0 Å². The van der Waals surface area contributed by atoms with Crippen LogP contribution in [-0.2, 0) is 0 Å². The predicted octanol–water partition coefficient (Wildman–Crippen LogP) is 0.925. The number of nitrogens with one attached hydrogen (secondary N) is 2. The first-order valence-electron chi connectivity index (χ1n) is 4.36. The number of nitrogens with two attached hydrogens (primary N) is 1. The predicted molar refractivity (Wildman–Crippen MR) is 59.7 cm³/mol. The molecule has 84 valence electrons. The van der Waals surface area contributed by atoms with Gasteiger partial charge in [0.1, 0.15) is 18.0 Å². The molecular formula is C10H7FN6. The van der Waals surface area contributed by atoms with Crippen LogP contribution in [-0.4, -0.2) is 11.5 Å². The zero-order chi connectivity index (χ0) is 12.8. The van der Waals surface area contributed by atoms with Crippen molar-refractivity contribution < 1.29 is 4.39 Å². The lowest BCUT2D eigenvalue weighted by Gasteiger charge is -2.01. The zero-order valence-corrected chi connectivity index (χ0v) is 8.53. The normalized spacial score (nSPS) is 10.2. The van der Waals surface area contributed by atoms with E-state index in [0.717, 1.165) is 6.07 Å². The third-order valence-corrected chi connectivity index (χ3v) is 1.74. The number of halogens is 1. The fourth-order valence-corrected chi connectivity index (χ4v) is 0.946. The Kier molecular flexibility index (Phi) is 3.74. The van der Waals surface area contributed by atoms with E-state index in [1.807, 2.05) is 0 Å². The van der Waals surface area contributed by atoms with Crippen LogP contribution >= 0.6 is 0 Å². The molecule has 0 aliphatic rings. The van der Waals surface area contributed by atoms with E-state index < -0.39 is 11.7 Å². The Morgan fingerprint density at radius 3 is 2.71 bits per heavy atom. The van der Waals surface area contributed by atoms with E-state index in [1.165, 1.54) is 12.1 Å². The van der Waals surface area contributed by atoms with Crippen molar-refractivity contribution in [1.29, 1.82) is 15.9 Å². The third-order valence-electron chi connectivity index (χ3n) is 1.74. The second kappa shape index (κ2) is 5.24. The monoisotopic (exact) mass is 230 g/mol. The molecule has 4 N–H and O–H groups in total. The van der Waals surface area contributed by atoms with Gasteiger partial charge in [0.2, 0.25) is 5.71 Å². The van der Waals surface area contributed by atoms with Gasteiger partial charge in [-0.2, -0.15) is 15.6 Å². The standard InChI is InChI=1S/C10H7FN6/c11-8-2-1-7(3-6(8)4-12)16-17-9(5-13)10(14)15/h1-3,16H,(H3,14,15)/b17-9+. The summed E-state index contributed by atoms with van der Waals surface area (Å²) in [5.41, 5.74) is 7.35. The van der Waals surface area contributed by atoms with Gasteiger partial charge >= 0.3 is 0 Å². The summed E-state index contributed by atoms with van der Waals surface area (Å²) >= 11 is 0. The van der Waals surface area contributed by atoms with Gasteiger partial charge in [0, 0.05) is 0 Å². The van der Waals surface area contributed by atoms with Gasteiger partial charge in [-0.1, -0.05) is 0 Å². The van der Waals surface area contributed by atoms with E-state index in [4.69, 9.17) is 21.7 Å². The minimum Gasteiger partial charge on any atom is -0.382 e. The fourth-order valence-electron chi connectivity index (χ4n) is 0.946. The molecule has 0 fully saturated rings. The minimum atomic E-state index is -0.644. The molecule has 6 nitrogen and oxygen atoms in total. The highest BCUT2D eigenvalue weighted by atomic mass is 19.1. The lowest BCUT2D eigenvalue weighted by molar-refractivity contribution is 0.624. The number of hydrogen-bond acceptors (Lipinski definition) is 5. The molecule has 0 aliphatic carbocycles. The summed E-state index contributed by atoms with van der Waals surface area (Å²) < 4.78 is 13.0.